The summed E-state index contributed by atoms with van der Waals surface area (Å²) < 4.78 is 0. The third-order valence-corrected chi connectivity index (χ3v) is 74.6. The molecule has 1 aromatic carbocycles. The molecule has 0 aliphatic carbocycles. The minimum absolute atomic E-state index is 1.30. The normalized spacial score (nSPS) is 14.1. The summed E-state index contributed by atoms with van der Waals surface area (Å²) in [6.45, 7) is 29.0. The lowest BCUT2D eigenvalue weighted by Crippen LogP contribution is -2.87. The van der Waals surface area contributed by atoms with E-state index in [-0.39, 0.29) is 0 Å². The lowest BCUT2D eigenvalue weighted by molar-refractivity contribution is 1.32. The lowest BCUT2D eigenvalue weighted by atomic mass is 10.1. The van der Waals surface area contributed by atoms with Gasteiger partial charge in [0, 0.05) is 5.69 Å². The first-order valence-corrected chi connectivity index (χ1v) is 24.4. The van der Waals surface area contributed by atoms with Gasteiger partial charge in [0.1, 0.15) is 6.79 Å². The molecule has 0 heterocycles. The average Bonchev–Trinajstić information content (AvgIpc) is 2.21. The monoisotopic (exact) mass is 381 g/mol. The molecule has 0 bridgehead atoms. The first-order valence-electron chi connectivity index (χ1n) is 8.90. The summed E-state index contributed by atoms with van der Waals surface area (Å²) in [5.74, 6) is 0. The van der Waals surface area contributed by atoms with Crippen molar-refractivity contribution >= 4 is 35.2 Å². The van der Waals surface area contributed by atoms with Gasteiger partial charge in [-0.1, -0.05) is 76.6 Å². The minimum Gasteiger partial charge on any atom is -0.416 e. The minimum atomic E-state index is -1.55. The van der Waals surface area contributed by atoms with Crippen LogP contribution in [0.5, 0.6) is 0 Å². The van der Waals surface area contributed by atoms with Crippen LogP contribution in [0.1, 0.15) is 16.7 Å². The number of hydrogen-bond donors (Lipinski definition) is 1. The Hall–Kier alpha value is -0.112. The van der Waals surface area contributed by atoms with E-state index in [0.717, 1.165) is 0 Å². The predicted molar refractivity (Wildman–Crippen MR) is 120 cm³/mol. The van der Waals surface area contributed by atoms with Crippen molar-refractivity contribution in [3.05, 3.63) is 28.8 Å². The van der Waals surface area contributed by atoms with Crippen LogP contribution >= 0.6 is 0 Å². The van der Waals surface area contributed by atoms with Crippen LogP contribution in [0, 0.1) is 20.8 Å². The highest BCUT2D eigenvalue weighted by atomic mass is 29.9. The highest BCUT2D eigenvalue weighted by Crippen LogP contribution is 2.39. The topological polar surface area (TPSA) is 12.0 Å². The van der Waals surface area contributed by atoms with Crippen molar-refractivity contribution in [2.24, 2.45) is 0 Å². The number of rotatable bonds is 5. The number of aryl methyl sites for hydroxylation is 3. The molecule has 0 saturated carbocycles. The van der Waals surface area contributed by atoms with Crippen LogP contribution in [-0.2, 0) is 0 Å². The van der Waals surface area contributed by atoms with Crippen LogP contribution in [0.3, 0.4) is 0 Å². The van der Waals surface area contributed by atoms with E-state index in [0.29, 0.717) is 0 Å². The van der Waals surface area contributed by atoms with E-state index in [1.807, 2.05) is 0 Å². The van der Waals surface area contributed by atoms with Gasteiger partial charge in [-0.05, 0) is 31.9 Å². The van der Waals surface area contributed by atoms with Crippen molar-refractivity contribution in [3.63, 3.8) is 0 Å². The number of nitrogens with one attached hydrogen (secondary N) is 1. The molecule has 0 spiro atoms. The maximum atomic E-state index is 4.40. The molecule has 1 nitrogen and oxygen atoms in total. The number of benzene rings is 1. The van der Waals surface area contributed by atoms with Gasteiger partial charge in [0.2, 0.25) is 0 Å². The van der Waals surface area contributed by atoms with E-state index in [1.54, 1.807) is 0 Å². The Morgan fingerprint density at radius 2 is 0.913 bits per heavy atom. The Balaban J connectivity index is 3.69. The first-order chi connectivity index (χ1) is 10.0. The smallest absolute Gasteiger partial charge is 0.122 e. The average molecular weight is 382 g/mol. The summed E-state index contributed by atoms with van der Waals surface area (Å²) in [6.07, 6.45) is 0. The van der Waals surface area contributed by atoms with Gasteiger partial charge < -0.3 is 4.98 Å². The zero-order valence-electron chi connectivity index (χ0n) is 17.7. The molecule has 0 unspecified atom stereocenters. The highest BCUT2D eigenvalue weighted by Gasteiger charge is 2.62. The van der Waals surface area contributed by atoms with E-state index in [9.17, 15) is 0 Å². The van der Waals surface area contributed by atoms with Crippen LogP contribution in [-0.4, -0.2) is 29.6 Å². The summed E-state index contributed by atoms with van der Waals surface area (Å²) in [7, 11) is -3.90. The zero-order chi connectivity index (χ0) is 18.4. The van der Waals surface area contributed by atoms with Crippen molar-refractivity contribution in [2.75, 3.05) is 4.98 Å². The maximum Gasteiger partial charge on any atom is 0.122 e. The summed E-state index contributed by atoms with van der Waals surface area (Å²) in [6, 6.07) is 4.71. The third-order valence-electron chi connectivity index (χ3n) is 5.36. The molecule has 0 saturated heterocycles. The van der Waals surface area contributed by atoms with Crippen molar-refractivity contribution in [3.8, 4) is 0 Å². The molecule has 1 aromatic rings. The second-order valence-electron chi connectivity index (χ2n) is 10.4. The molecular weight excluding hydrogens is 343 g/mol. The maximum absolute atomic E-state index is 4.40. The SMILES string of the molecule is Cc1cc(C)c(N[Si]([Si](C)(C)C)([Si](C)(C)C)[Si](C)(C)C)c(C)c1. The van der Waals surface area contributed by atoms with E-state index >= 15 is 0 Å². The van der Waals surface area contributed by atoms with Gasteiger partial charge in [0.25, 0.3) is 0 Å². The van der Waals surface area contributed by atoms with E-state index < -0.39 is 29.6 Å². The van der Waals surface area contributed by atoms with Gasteiger partial charge in [0.15, 0.2) is 0 Å². The summed E-state index contributed by atoms with van der Waals surface area (Å²) >= 11 is 0. The van der Waals surface area contributed by atoms with E-state index in [4.69, 9.17) is 0 Å². The molecule has 0 aliphatic heterocycles. The summed E-state index contributed by atoms with van der Waals surface area (Å²) in [4.78, 5) is 4.40. The quantitative estimate of drug-likeness (QED) is 0.597. The highest BCUT2D eigenvalue weighted by molar-refractivity contribution is 7.90. The molecule has 0 amide bonds. The molecule has 132 valence electrons. The van der Waals surface area contributed by atoms with Gasteiger partial charge in [-0.15, -0.1) is 0 Å². The van der Waals surface area contributed by atoms with Crippen molar-refractivity contribution in [1.29, 1.82) is 0 Å². The van der Waals surface area contributed by atoms with E-state index in [1.165, 1.54) is 22.4 Å². The van der Waals surface area contributed by atoms with Gasteiger partial charge in [-0.2, -0.15) is 0 Å². The lowest BCUT2D eigenvalue weighted by Gasteiger charge is -2.58. The van der Waals surface area contributed by atoms with Crippen molar-refractivity contribution < 1.29 is 0 Å². The summed E-state index contributed by atoms with van der Waals surface area (Å²) in [5, 5.41) is 0. The van der Waals surface area contributed by atoms with Crippen molar-refractivity contribution in [1.82, 2.24) is 0 Å². The molecule has 0 radical (unpaired) electrons. The van der Waals surface area contributed by atoms with Gasteiger partial charge in [-0.25, -0.2) is 0 Å². The van der Waals surface area contributed by atoms with Crippen LogP contribution < -0.4 is 4.98 Å². The molecule has 0 atom stereocenters. The Morgan fingerprint density at radius 3 is 1.17 bits per heavy atom. The molecule has 0 aliphatic rings. The number of anilines is 1. The fraction of sp³-hybridized carbons (Fsp3) is 0.667. The van der Waals surface area contributed by atoms with Gasteiger partial charge >= 0.3 is 0 Å². The molecule has 1 N–H and O–H groups in total. The number of hydrogen-bond acceptors (Lipinski definition) is 1. The zero-order valence-corrected chi connectivity index (χ0v) is 21.7. The Kier molecular flexibility index (Phi) is 5.75. The second-order valence-corrected chi connectivity index (χ2v) is 50.4. The Labute approximate surface area is 148 Å². The standard InChI is InChI=1S/C18H39NSi4/c1-15-13-16(2)18(17(3)14-15)19-23(20(4,5)6,21(7,8)9)22(10,11)12/h13-14,19H,1-12H3. The fourth-order valence-electron chi connectivity index (χ4n) is 5.50. The van der Waals surface area contributed by atoms with Crippen LogP contribution in [0.25, 0.3) is 0 Å². The van der Waals surface area contributed by atoms with Gasteiger partial charge in [-0.3, -0.25) is 0 Å². The van der Waals surface area contributed by atoms with Crippen molar-refractivity contribution in [2.45, 2.75) is 79.7 Å². The Morgan fingerprint density at radius 1 is 0.609 bits per heavy atom. The molecule has 0 fully saturated rings. The third kappa shape index (κ3) is 3.77. The predicted octanol–water partition coefficient (Wildman–Crippen LogP) is 6.22. The molecule has 5 heteroatoms. The molecule has 23 heavy (non-hydrogen) atoms. The Bertz CT molecular complexity index is 515. The molecule has 0 aromatic heterocycles. The second kappa shape index (κ2) is 6.31. The van der Waals surface area contributed by atoms with Crippen LogP contribution in [0.2, 0.25) is 58.9 Å². The largest absolute Gasteiger partial charge is 0.416 e. The first kappa shape index (κ1) is 20.9. The summed E-state index contributed by atoms with van der Waals surface area (Å²) in [5.41, 5.74) is 5.73. The fourth-order valence-corrected chi connectivity index (χ4v) is 99.6. The van der Waals surface area contributed by atoms with Gasteiger partial charge in [0.05, 0.1) is 22.8 Å². The molecular formula is C18H39NSi4. The van der Waals surface area contributed by atoms with Crippen LogP contribution in [0.15, 0.2) is 12.1 Å². The van der Waals surface area contributed by atoms with Crippen LogP contribution in [0.4, 0.5) is 5.69 Å². The molecule has 1 rings (SSSR count). The van der Waals surface area contributed by atoms with E-state index in [2.05, 4.69) is 96.8 Å².